The van der Waals surface area contributed by atoms with Gasteiger partial charge in [-0.15, -0.1) is 0 Å². The van der Waals surface area contributed by atoms with Crippen molar-refractivity contribution in [2.75, 3.05) is 37.7 Å². The molecule has 1 aromatic heterocycles. The molecule has 1 aromatic carbocycles. The Morgan fingerprint density at radius 3 is 2.44 bits per heavy atom. The molecule has 0 aliphatic carbocycles. The fourth-order valence-corrected chi connectivity index (χ4v) is 5.30. The summed E-state index contributed by atoms with van der Waals surface area (Å²) < 4.78 is 30.2. The van der Waals surface area contributed by atoms with E-state index in [0.717, 1.165) is 5.56 Å². The van der Waals surface area contributed by atoms with Crippen LogP contribution < -0.4 is 9.64 Å². The Kier molecular flexibility index (Phi) is 9.91. The lowest BCUT2D eigenvalue weighted by molar-refractivity contribution is -0.142. The average molecular weight is 601 g/mol. The molecule has 0 bridgehead atoms. The molecule has 2 aromatic rings. The quantitative estimate of drug-likeness (QED) is 0.477. The summed E-state index contributed by atoms with van der Waals surface area (Å²) in [6.07, 6.45) is -0.0888. The van der Waals surface area contributed by atoms with Crippen molar-refractivity contribution in [2.45, 2.75) is 78.3 Å². The molecule has 0 saturated carbocycles. The van der Waals surface area contributed by atoms with Crippen LogP contribution in [0.3, 0.4) is 0 Å². The molecular formula is C31H41FN4O7. The molecule has 11 nitrogen and oxygen atoms in total. The van der Waals surface area contributed by atoms with E-state index in [4.69, 9.17) is 14.2 Å². The van der Waals surface area contributed by atoms with Crippen LogP contribution in [0.2, 0.25) is 0 Å². The van der Waals surface area contributed by atoms with Gasteiger partial charge < -0.3 is 29.1 Å². The molecular weight excluding hydrogens is 559 g/mol. The Balaban J connectivity index is 1.59. The summed E-state index contributed by atoms with van der Waals surface area (Å²) in [5.41, 5.74) is 1.83. The lowest BCUT2D eigenvalue weighted by Crippen LogP contribution is -2.62. The van der Waals surface area contributed by atoms with Crippen molar-refractivity contribution in [1.82, 2.24) is 14.8 Å². The molecule has 0 spiro atoms. The average Bonchev–Trinajstić information content (AvgIpc) is 2.92. The van der Waals surface area contributed by atoms with Gasteiger partial charge in [-0.05, 0) is 70.4 Å². The fraction of sp³-hybridized carbons (Fsp3) is 0.548. The van der Waals surface area contributed by atoms with Crippen LogP contribution in [-0.2, 0) is 32.1 Å². The number of amides is 2. The highest BCUT2D eigenvalue weighted by atomic mass is 19.1. The Morgan fingerprint density at radius 2 is 1.81 bits per heavy atom. The number of hydrogen-bond acceptors (Lipinski definition) is 9. The number of rotatable bonds is 7. The maximum Gasteiger partial charge on any atom is 0.410 e. The zero-order valence-corrected chi connectivity index (χ0v) is 25.6. The van der Waals surface area contributed by atoms with E-state index in [2.05, 4.69) is 4.98 Å². The molecule has 1 saturated heterocycles. The van der Waals surface area contributed by atoms with Crippen LogP contribution >= 0.6 is 0 Å². The van der Waals surface area contributed by atoms with Crippen LogP contribution in [0.5, 0.6) is 5.88 Å². The van der Waals surface area contributed by atoms with Crippen molar-refractivity contribution in [1.29, 1.82) is 0 Å². The Morgan fingerprint density at radius 1 is 1.12 bits per heavy atom. The second-order valence-electron chi connectivity index (χ2n) is 12.2. The predicted octanol–water partition coefficient (Wildman–Crippen LogP) is 3.29. The smallest absolute Gasteiger partial charge is 0.410 e. The SMILES string of the molecule is CC(=O)OCc1nc2c(cc1Cc1ccc(F)cc1)N(C(=O)CN1C[C@@H](C)N(C(=O)OC(C)(C)C)C[C@@H]1CO)[C@@H](C)CO2. The van der Waals surface area contributed by atoms with Gasteiger partial charge in [-0.3, -0.25) is 14.5 Å². The van der Waals surface area contributed by atoms with Gasteiger partial charge in [0.05, 0.1) is 30.9 Å². The number of aliphatic hydroxyl groups excluding tert-OH is 1. The van der Waals surface area contributed by atoms with Crippen LogP contribution in [0, 0.1) is 5.82 Å². The number of carbonyl (C=O) groups is 3. The minimum Gasteiger partial charge on any atom is -0.474 e. The van der Waals surface area contributed by atoms with Gasteiger partial charge in [0.1, 0.15) is 30.3 Å². The number of aliphatic hydroxyl groups is 1. The van der Waals surface area contributed by atoms with Gasteiger partial charge in [-0.25, -0.2) is 14.2 Å². The number of carbonyl (C=O) groups excluding carboxylic acids is 3. The zero-order chi connectivity index (χ0) is 31.5. The molecule has 0 radical (unpaired) electrons. The molecule has 2 amide bonds. The van der Waals surface area contributed by atoms with Gasteiger partial charge in [0, 0.05) is 26.1 Å². The number of piperazine rings is 1. The van der Waals surface area contributed by atoms with Gasteiger partial charge in [0.25, 0.3) is 0 Å². The summed E-state index contributed by atoms with van der Waals surface area (Å²) in [5, 5.41) is 10.2. The summed E-state index contributed by atoms with van der Waals surface area (Å²) in [5.74, 6) is -0.777. The highest BCUT2D eigenvalue weighted by Gasteiger charge is 2.39. The first-order chi connectivity index (χ1) is 20.3. The van der Waals surface area contributed by atoms with E-state index in [1.165, 1.54) is 19.1 Å². The largest absolute Gasteiger partial charge is 0.474 e. The number of esters is 1. The van der Waals surface area contributed by atoms with Crippen LogP contribution in [0.1, 0.15) is 58.4 Å². The minimum absolute atomic E-state index is 0.00397. The molecule has 2 aliphatic heterocycles. The fourth-order valence-electron chi connectivity index (χ4n) is 5.30. The second-order valence-corrected chi connectivity index (χ2v) is 12.2. The molecule has 43 heavy (non-hydrogen) atoms. The first kappa shape index (κ1) is 32.2. The molecule has 234 valence electrons. The van der Waals surface area contributed by atoms with E-state index in [-0.39, 0.29) is 62.6 Å². The van der Waals surface area contributed by atoms with E-state index in [9.17, 15) is 23.9 Å². The number of halogens is 1. The van der Waals surface area contributed by atoms with Gasteiger partial charge in [-0.1, -0.05) is 12.1 Å². The van der Waals surface area contributed by atoms with Crippen molar-refractivity contribution < 1.29 is 38.1 Å². The van der Waals surface area contributed by atoms with Crippen molar-refractivity contribution in [2.24, 2.45) is 0 Å². The van der Waals surface area contributed by atoms with Gasteiger partial charge >= 0.3 is 12.1 Å². The van der Waals surface area contributed by atoms with E-state index in [1.54, 1.807) is 42.7 Å². The maximum atomic E-state index is 13.9. The van der Waals surface area contributed by atoms with Gasteiger partial charge in [0.15, 0.2) is 0 Å². The summed E-state index contributed by atoms with van der Waals surface area (Å²) in [4.78, 5) is 48.0. The van der Waals surface area contributed by atoms with Crippen LogP contribution in [0.15, 0.2) is 30.3 Å². The van der Waals surface area contributed by atoms with E-state index in [0.29, 0.717) is 29.9 Å². The van der Waals surface area contributed by atoms with Crippen molar-refractivity contribution >= 4 is 23.7 Å². The summed E-state index contributed by atoms with van der Waals surface area (Å²) >= 11 is 0. The Bertz CT molecular complexity index is 1330. The molecule has 4 rings (SSSR count). The monoisotopic (exact) mass is 600 g/mol. The van der Waals surface area contributed by atoms with Crippen molar-refractivity contribution in [3.63, 3.8) is 0 Å². The first-order valence-electron chi connectivity index (χ1n) is 14.5. The van der Waals surface area contributed by atoms with Gasteiger partial charge in [0.2, 0.25) is 11.8 Å². The number of benzene rings is 1. The van der Waals surface area contributed by atoms with Crippen LogP contribution in [-0.4, -0.2) is 94.4 Å². The highest BCUT2D eigenvalue weighted by Crippen LogP contribution is 2.35. The van der Waals surface area contributed by atoms with Crippen molar-refractivity contribution in [3.8, 4) is 5.88 Å². The lowest BCUT2D eigenvalue weighted by Gasteiger charge is -2.45. The molecule has 12 heteroatoms. The molecule has 3 atom stereocenters. The Labute approximate surface area is 251 Å². The lowest BCUT2D eigenvalue weighted by atomic mass is 10.0. The number of nitrogens with zero attached hydrogens (tertiary/aromatic N) is 4. The number of hydrogen-bond donors (Lipinski definition) is 1. The normalized spacial score (nSPS) is 20.7. The predicted molar refractivity (Wildman–Crippen MR) is 156 cm³/mol. The third kappa shape index (κ3) is 7.99. The van der Waals surface area contributed by atoms with E-state index < -0.39 is 23.7 Å². The topological polar surface area (TPSA) is 122 Å². The number of anilines is 1. The maximum absolute atomic E-state index is 13.9. The number of aromatic nitrogens is 1. The summed E-state index contributed by atoms with van der Waals surface area (Å²) in [7, 11) is 0. The minimum atomic E-state index is -0.653. The number of ether oxygens (including phenoxy) is 3. The number of fused-ring (bicyclic) bond motifs is 1. The van der Waals surface area contributed by atoms with Crippen molar-refractivity contribution in [3.05, 3.63) is 53.0 Å². The second kappa shape index (κ2) is 13.3. The summed E-state index contributed by atoms with van der Waals surface area (Å²) in [6.45, 7) is 11.0. The first-order valence-corrected chi connectivity index (χ1v) is 14.5. The standard InChI is InChI=1S/C31H41FN4O7/c1-19-13-34(25(16-37)14-35(19)30(40)43-31(4,5)6)15-28(39)36-20(2)17-42-29-27(36)12-23(26(33-29)18-41-21(3)38)11-22-7-9-24(32)10-8-22/h7-10,12,19-20,25,37H,11,13-18H2,1-6H3/t19-,20+,25-/m1/s1. The van der Waals surface area contributed by atoms with E-state index in [1.807, 2.05) is 24.8 Å². The Hall–Kier alpha value is -3.77. The van der Waals surface area contributed by atoms with Gasteiger partial charge in [-0.2, -0.15) is 0 Å². The molecule has 2 aliphatic rings. The molecule has 1 N–H and O–H groups in total. The zero-order valence-electron chi connectivity index (χ0n) is 25.6. The van der Waals surface area contributed by atoms with E-state index >= 15 is 0 Å². The van der Waals surface area contributed by atoms with Crippen LogP contribution in [0.25, 0.3) is 0 Å². The number of pyridine rings is 1. The molecule has 1 fully saturated rings. The molecule has 3 heterocycles. The molecule has 0 unspecified atom stereocenters. The van der Waals surface area contributed by atoms with Crippen LogP contribution in [0.4, 0.5) is 14.9 Å². The highest BCUT2D eigenvalue weighted by molar-refractivity contribution is 5.97. The third-order valence-electron chi connectivity index (χ3n) is 7.42. The third-order valence-corrected chi connectivity index (χ3v) is 7.42. The summed E-state index contributed by atoms with van der Waals surface area (Å²) in [6, 6.07) is 6.87.